The molecule has 1 aromatic rings. The van der Waals surface area contributed by atoms with Crippen molar-refractivity contribution in [1.29, 1.82) is 0 Å². The zero-order valence-electron chi connectivity index (χ0n) is 11.8. The summed E-state index contributed by atoms with van der Waals surface area (Å²) in [5.74, 6) is 0.413. The zero-order chi connectivity index (χ0) is 14.3. The van der Waals surface area contributed by atoms with E-state index in [9.17, 15) is 4.79 Å². The summed E-state index contributed by atoms with van der Waals surface area (Å²) in [6, 6.07) is -0.229. The van der Waals surface area contributed by atoms with E-state index < -0.39 is 0 Å². The first kappa shape index (κ1) is 15.6. The van der Waals surface area contributed by atoms with Crippen LogP contribution in [0.4, 0.5) is 0 Å². The van der Waals surface area contributed by atoms with Crippen molar-refractivity contribution in [3.63, 3.8) is 0 Å². The van der Waals surface area contributed by atoms with E-state index in [1.807, 2.05) is 0 Å². The van der Waals surface area contributed by atoms with Gasteiger partial charge in [0.15, 0.2) is 0 Å². The van der Waals surface area contributed by atoms with Gasteiger partial charge in [-0.05, 0) is 12.3 Å². The average molecular weight is 269 g/mol. The van der Waals surface area contributed by atoms with Gasteiger partial charge in [-0.3, -0.25) is 4.79 Å². The van der Waals surface area contributed by atoms with Crippen LogP contribution in [0.25, 0.3) is 0 Å². The molecule has 0 fully saturated rings. The standard InChI is InChI=1S/C12H23N5O2/c1-9(2)6-11(12(19)13-3)14-7-10-8-17(4-5-18)16-15-10/h8-9,11,14,18H,4-7H2,1-3H3,(H,13,19). The Balaban J connectivity index is 2.52. The van der Waals surface area contributed by atoms with Gasteiger partial charge in [0.05, 0.1) is 24.9 Å². The number of carbonyl (C=O) groups excluding carboxylic acids is 1. The van der Waals surface area contributed by atoms with E-state index in [0.717, 1.165) is 12.1 Å². The van der Waals surface area contributed by atoms with Crippen LogP contribution in [-0.4, -0.2) is 45.7 Å². The van der Waals surface area contributed by atoms with Crippen LogP contribution in [-0.2, 0) is 17.9 Å². The molecule has 1 aromatic heterocycles. The first-order chi connectivity index (χ1) is 9.06. The van der Waals surface area contributed by atoms with Crippen LogP contribution in [0.1, 0.15) is 26.0 Å². The highest BCUT2D eigenvalue weighted by Gasteiger charge is 2.18. The molecule has 7 nitrogen and oxygen atoms in total. The SMILES string of the molecule is CNC(=O)C(CC(C)C)NCc1cn(CCO)nn1. The van der Waals surface area contributed by atoms with Crippen molar-refractivity contribution in [2.75, 3.05) is 13.7 Å². The molecule has 0 aromatic carbocycles. The molecule has 0 aliphatic heterocycles. The zero-order valence-corrected chi connectivity index (χ0v) is 11.8. The van der Waals surface area contributed by atoms with Crippen LogP contribution in [0.2, 0.25) is 0 Å². The van der Waals surface area contributed by atoms with E-state index in [2.05, 4.69) is 34.8 Å². The Hall–Kier alpha value is -1.47. The molecule has 108 valence electrons. The maximum atomic E-state index is 11.7. The second-order valence-electron chi connectivity index (χ2n) is 4.87. The summed E-state index contributed by atoms with van der Waals surface area (Å²) in [5, 5.41) is 22.5. The predicted octanol–water partition coefficient (Wildman–Crippen LogP) is -0.479. The van der Waals surface area contributed by atoms with E-state index in [-0.39, 0.29) is 18.6 Å². The number of nitrogens with zero attached hydrogens (tertiary/aromatic N) is 3. The third kappa shape index (κ3) is 5.35. The number of aromatic nitrogens is 3. The maximum absolute atomic E-state index is 11.7. The minimum Gasteiger partial charge on any atom is -0.394 e. The summed E-state index contributed by atoms with van der Waals surface area (Å²) < 4.78 is 1.58. The third-order valence-corrected chi connectivity index (χ3v) is 2.71. The van der Waals surface area contributed by atoms with Crippen molar-refractivity contribution in [2.24, 2.45) is 5.92 Å². The predicted molar refractivity (Wildman–Crippen MR) is 71.3 cm³/mol. The molecule has 3 N–H and O–H groups in total. The van der Waals surface area contributed by atoms with Gasteiger partial charge in [0, 0.05) is 19.8 Å². The molecule has 7 heteroatoms. The molecule has 19 heavy (non-hydrogen) atoms. The Labute approximate surface area is 113 Å². The van der Waals surface area contributed by atoms with Gasteiger partial charge in [0.2, 0.25) is 5.91 Å². The number of rotatable bonds is 8. The Morgan fingerprint density at radius 3 is 2.84 bits per heavy atom. The molecule has 1 rings (SSSR count). The first-order valence-electron chi connectivity index (χ1n) is 6.51. The second-order valence-corrected chi connectivity index (χ2v) is 4.87. The van der Waals surface area contributed by atoms with E-state index in [1.165, 1.54) is 0 Å². The Morgan fingerprint density at radius 2 is 2.26 bits per heavy atom. The number of amides is 1. The van der Waals surface area contributed by atoms with Crippen LogP contribution < -0.4 is 10.6 Å². The van der Waals surface area contributed by atoms with Gasteiger partial charge < -0.3 is 15.7 Å². The van der Waals surface area contributed by atoms with Crippen molar-refractivity contribution in [3.05, 3.63) is 11.9 Å². The fourth-order valence-electron chi connectivity index (χ4n) is 1.79. The molecular formula is C12H23N5O2. The topological polar surface area (TPSA) is 92.1 Å². The molecule has 0 aliphatic carbocycles. The lowest BCUT2D eigenvalue weighted by atomic mass is 10.0. The summed E-state index contributed by atoms with van der Waals surface area (Å²) in [5.41, 5.74) is 0.756. The molecule has 1 amide bonds. The quantitative estimate of drug-likeness (QED) is 0.593. The smallest absolute Gasteiger partial charge is 0.236 e. The summed E-state index contributed by atoms with van der Waals surface area (Å²) in [4.78, 5) is 11.7. The molecule has 0 radical (unpaired) electrons. The first-order valence-corrected chi connectivity index (χ1v) is 6.51. The normalized spacial score (nSPS) is 12.7. The number of aliphatic hydroxyl groups excluding tert-OH is 1. The van der Waals surface area contributed by atoms with Gasteiger partial charge >= 0.3 is 0 Å². The summed E-state index contributed by atoms with van der Waals surface area (Å²) in [6.45, 7) is 5.10. The minimum atomic E-state index is -0.229. The largest absolute Gasteiger partial charge is 0.394 e. The lowest BCUT2D eigenvalue weighted by Crippen LogP contribution is -2.43. The van der Waals surface area contributed by atoms with Gasteiger partial charge in [-0.1, -0.05) is 19.1 Å². The van der Waals surface area contributed by atoms with Crippen molar-refractivity contribution < 1.29 is 9.90 Å². The maximum Gasteiger partial charge on any atom is 0.236 e. The van der Waals surface area contributed by atoms with Crippen LogP contribution >= 0.6 is 0 Å². The van der Waals surface area contributed by atoms with Crippen LogP contribution in [0.5, 0.6) is 0 Å². The van der Waals surface area contributed by atoms with Crippen molar-refractivity contribution in [1.82, 2.24) is 25.6 Å². The number of aliphatic hydroxyl groups is 1. The van der Waals surface area contributed by atoms with Gasteiger partial charge in [-0.25, -0.2) is 4.68 Å². The molecule has 1 unspecified atom stereocenters. The fraction of sp³-hybridized carbons (Fsp3) is 0.750. The molecule has 1 atom stereocenters. The van der Waals surface area contributed by atoms with Crippen molar-refractivity contribution in [3.8, 4) is 0 Å². The Bertz CT molecular complexity index is 391. The summed E-state index contributed by atoms with van der Waals surface area (Å²) in [7, 11) is 1.63. The molecular weight excluding hydrogens is 246 g/mol. The summed E-state index contributed by atoms with van der Waals surface area (Å²) >= 11 is 0. The van der Waals surface area contributed by atoms with Gasteiger partial charge in [-0.15, -0.1) is 5.10 Å². The minimum absolute atomic E-state index is 0.0172. The lowest BCUT2D eigenvalue weighted by molar-refractivity contribution is -0.123. The average Bonchev–Trinajstić information content (AvgIpc) is 2.81. The number of hydrogen-bond acceptors (Lipinski definition) is 5. The Morgan fingerprint density at radius 1 is 1.53 bits per heavy atom. The van der Waals surface area contributed by atoms with E-state index >= 15 is 0 Å². The highest BCUT2D eigenvalue weighted by molar-refractivity contribution is 5.81. The molecule has 0 saturated heterocycles. The lowest BCUT2D eigenvalue weighted by Gasteiger charge is -2.18. The van der Waals surface area contributed by atoms with E-state index in [4.69, 9.17) is 5.11 Å². The number of hydrogen-bond donors (Lipinski definition) is 3. The van der Waals surface area contributed by atoms with Crippen LogP contribution in [0.15, 0.2) is 6.20 Å². The Kier molecular flexibility index (Phi) is 6.44. The second kappa shape index (κ2) is 7.85. The molecule has 0 bridgehead atoms. The highest BCUT2D eigenvalue weighted by atomic mass is 16.3. The molecule has 0 aliphatic rings. The van der Waals surface area contributed by atoms with Gasteiger partial charge in [0.25, 0.3) is 0 Å². The van der Waals surface area contributed by atoms with Crippen LogP contribution in [0.3, 0.4) is 0 Å². The molecule has 1 heterocycles. The monoisotopic (exact) mass is 269 g/mol. The fourth-order valence-corrected chi connectivity index (χ4v) is 1.79. The summed E-state index contributed by atoms with van der Waals surface area (Å²) in [6.07, 6.45) is 2.53. The highest BCUT2D eigenvalue weighted by Crippen LogP contribution is 2.05. The number of carbonyl (C=O) groups is 1. The van der Waals surface area contributed by atoms with Crippen molar-refractivity contribution >= 4 is 5.91 Å². The molecule has 0 spiro atoms. The number of likely N-dealkylation sites (N-methyl/N-ethyl adjacent to an activating group) is 1. The van der Waals surface area contributed by atoms with E-state index in [1.54, 1.807) is 17.9 Å². The third-order valence-electron chi connectivity index (χ3n) is 2.71. The van der Waals surface area contributed by atoms with Crippen LogP contribution in [0, 0.1) is 5.92 Å². The van der Waals surface area contributed by atoms with Gasteiger partial charge in [-0.2, -0.15) is 0 Å². The van der Waals surface area contributed by atoms with Crippen molar-refractivity contribution in [2.45, 2.75) is 39.4 Å². The van der Waals surface area contributed by atoms with Gasteiger partial charge in [0.1, 0.15) is 0 Å². The van der Waals surface area contributed by atoms with E-state index in [0.29, 0.717) is 19.0 Å². The molecule has 0 saturated carbocycles. The number of nitrogens with one attached hydrogen (secondary N) is 2.